The van der Waals surface area contributed by atoms with Gasteiger partial charge in [0.05, 0.1) is 0 Å². The van der Waals surface area contributed by atoms with Gasteiger partial charge >= 0.3 is 66.9 Å². The molecule has 3 aliphatic rings. The van der Waals surface area contributed by atoms with Crippen LogP contribution in [0.5, 0.6) is 0 Å². The first kappa shape index (κ1) is 31.5. The predicted octanol–water partition coefficient (Wildman–Crippen LogP) is 6.49. The van der Waals surface area contributed by atoms with Gasteiger partial charge in [-0.15, -0.1) is 0 Å². The topological polar surface area (TPSA) is 46.5 Å². The molecule has 0 heterocycles. The van der Waals surface area contributed by atoms with E-state index in [2.05, 4.69) is 46.4 Å². The molecule has 5 heteroatoms. The summed E-state index contributed by atoms with van der Waals surface area (Å²) in [6.07, 6.45) is 16.1. The summed E-state index contributed by atoms with van der Waals surface area (Å²) in [6, 6.07) is 0. The second-order valence-corrected chi connectivity index (χ2v) is 11.2. The minimum absolute atomic E-state index is 0. The Morgan fingerprint density at radius 1 is 1.18 bits per heavy atom. The fourth-order valence-corrected chi connectivity index (χ4v) is 6.89. The molecule has 3 saturated carbocycles. The zero-order valence-electron chi connectivity index (χ0n) is 20.3. The average Bonchev–Trinajstić information content (AvgIpc) is 3.05. The third-order valence-corrected chi connectivity index (χ3v) is 8.60. The quantitative estimate of drug-likeness (QED) is 0.323. The van der Waals surface area contributed by atoms with Crippen molar-refractivity contribution in [3.8, 4) is 0 Å². The van der Waals surface area contributed by atoms with Gasteiger partial charge in [0.15, 0.2) is 0 Å². The summed E-state index contributed by atoms with van der Waals surface area (Å²) in [6.45, 7) is 14.0. The van der Waals surface area contributed by atoms with Gasteiger partial charge in [0.2, 0.25) is 0 Å². The van der Waals surface area contributed by atoms with Gasteiger partial charge in [0.25, 0.3) is 0 Å². The average molecular weight is 497 g/mol. The SMILES string of the molecule is C=C1CC[C@H](OC(=O)O)C/C1=C/C=C1\CCC[C@@]2(C)C1CC[C@@H]2[C@H](C)CCCC(C)C.[CaH2].[MgH2]. The Kier molecular flexibility index (Phi) is 13.7. The van der Waals surface area contributed by atoms with Gasteiger partial charge in [-0.1, -0.05) is 76.8 Å². The summed E-state index contributed by atoms with van der Waals surface area (Å²) in [7, 11) is 0. The van der Waals surface area contributed by atoms with E-state index in [0.717, 1.165) is 36.2 Å². The van der Waals surface area contributed by atoms with E-state index in [4.69, 9.17) is 9.84 Å². The summed E-state index contributed by atoms with van der Waals surface area (Å²) in [4.78, 5) is 10.9. The van der Waals surface area contributed by atoms with Crippen LogP contribution in [0.3, 0.4) is 0 Å². The van der Waals surface area contributed by atoms with Crippen molar-refractivity contribution in [3.63, 3.8) is 0 Å². The molecule has 0 amide bonds. The maximum atomic E-state index is 10.9. The van der Waals surface area contributed by atoms with E-state index in [1.165, 1.54) is 56.9 Å². The molecule has 1 unspecified atom stereocenters. The van der Waals surface area contributed by atoms with Gasteiger partial charge in [-0.05, 0) is 79.6 Å². The van der Waals surface area contributed by atoms with Crippen LogP contribution in [0, 0.1) is 29.1 Å². The maximum Gasteiger partial charge on any atom is 0.316 e. The molecule has 5 atom stereocenters. The largest absolute Gasteiger partial charge is 0.316 e. The van der Waals surface area contributed by atoms with E-state index in [1.54, 1.807) is 5.57 Å². The number of carbonyl (C=O) groups is 1. The van der Waals surface area contributed by atoms with E-state index in [0.29, 0.717) is 17.8 Å². The molecule has 3 nitrogen and oxygen atoms in total. The van der Waals surface area contributed by atoms with Crippen molar-refractivity contribution >= 4 is 66.9 Å². The molecular weight excluding hydrogens is 449 g/mol. The molecule has 0 saturated heterocycles. The molecule has 0 radical (unpaired) electrons. The number of fused-ring (bicyclic) bond motifs is 1. The molecule has 0 aromatic carbocycles. The van der Waals surface area contributed by atoms with Gasteiger partial charge < -0.3 is 9.84 Å². The van der Waals surface area contributed by atoms with Crippen LogP contribution in [-0.2, 0) is 4.74 Å². The van der Waals surface area contributed by atoms with Crippen LogP contribution in [0.4, 0.5) is 4.79 Å². The van der Waals surface area contributed by atoms with Gasteiger partial charge in [0.1, 0.15) is 6.10 Å². The van der Waals surface area contributed by atoms with Crippen molar-refractivity contribution in [2.45, 2.75) is 104 Å². The summed E-state index contributed by atoms with van der Waals surface area (Å²) in [5.41, 5.74) is 4.38. The number of hydrogen-bond donors (Lipinski definition) is 1. The zero-order valence-corrected chi connectivity index (χ0v) is 20.3. The van der Waals surface area contributed by atoms with Gasteiger partial charge in [-0.25, -0.2) is 4.79 Å². The Morgan fingerprint density at radius 2 is 1.91 bits per heavy atom. The first-order chi connectivity index (χ1) is 14.7. The predicted molar refractivity (Wildman–Crippen MR) is 145 cm³/mol. The van der Waals surface area contributed by atoms with E-state index in [9.17, 15) is 4.79 Å². The standard InChI is InChI=1S/C28H44O3.Ca.Mg.4H/c1-19(2)8-6-9-21(4)25-15-16-26-22(10-7-17-28(25,26)5)12-13-23-18-24(31-27(29)30)14-11-20(23)3;;;;;;/h12-13,19,21,24-26H,3,6-11,14-18H2,1-2,4-5H3,(H,29,30);;;;;;/b22-12+,23-13-;;;;;;/t21-,24+,25-,26?,28-;;;;;;/m1....../s1. The zero-order chi connectivity index (χ0) is 22.6. The molecular formula is C28H48CaMgO3. The second kappa shape index (κ2) is 14.3. The van der Waals surface area contributed by atoms with Gasteiger partial charge in [0, 0.05) is 6.42 Å². The van der Waals surface area contributed by atoms with Crippen molar-refractivity contribution in [2.24, 2.45) is 29.1 Å². The molecule has 0 aliphatic heterocycles. The minimum Gasteiger partial charge on any atom is 0.316 e. The monoisotopic (exact) mass is 496 g/mol. The molecule has 3 fully saturated rings. The second-order valence-electron chi connectivity index (χ2n) is 11.2. The fourth-order valence-electron chi connectivity index (χ4n) is 6.89. The third kappa shape index (κ3) is 8.27. The fraction of sp³-hybridized carbons (Fsp3) is 0.750. The van der Waals surface area contributed by atoms with Crippen LogP contribution in [0.15, 0.2) is 35.5 Å². The first-order valence-electron chi connectivity index (χ1n) is 12.7. The van der Waals surface area contributed by atoms with Crippen molar-refractivity contribution in [1.29, 1.82) is 0 Å². The summed E-state index contributed by atoms with van der Waals surface area (Å²) in [5, 5.41) is 8.96. The van der Waals surface area contributed by atoms with Crippen LogP contribution in [-0.4, -0.2) is 78.2 Å². The van der Waals surface area contributed by atoms with Crippen LogP contribution < -0.4 is 0 Å². The number of ether oxygens (including phenoxy) is 1. The summed E-state index contributed by atoms with van der Waals surface area (Å²) in [5.74, 6) is 3.18. The molecule has 3 rings (SSSR count). The van der Waals surface area contributed by atoms with Crippen LogP contribution in [0.25, 0.3) is 0 Å². The Labute approximate surface area is 248 Å². The van der Waals surface area contributed by atoms with E-state index in [-0.39, 0.29) is 66.9 Å². The number of hydrogen-bond acceptors (Lipinski definition) is 2. The number of carboxylic acid groups (broad SMARTS) is 1. The van der Waals surface area contributed by atoms with Crippen LogP contribution >= 0.6 is 0 Å². The summed E-state index contributed by atoms with van der Waals surface area (Å²) >= 11 is 0. The molecule has 0 aromatic rings. The number of allylic oxidation sites excluding steroid dienone is 4. The molecule has 3 aliphatic carbocycles. The summed E-state index contributed by atoms with van der Waals surface area (Å²) < 4.78 is 5.05. The molecule has 1 N–H and O–H groups in total. The first-order valence-corrected chi connectivity index (χ1v) is 12.7. The Bertz CT molecular complexity index is 729. The third-order valence-electron chi connectivity index (χ3n) is 8.60. The van der Waals surface area contributed by atoms with E-state index in [1.807, 2.05) is 0 Å². The van der Waals surface area contributed by atoms with Crippen LogP contribution in [0.1, 0.15) is 98.3 Å². The molecule has 0 spiro atoms. The molecule has 0 bridgehead atoms. The van der Waals surface area contributed by atoms with Crippen LogP contribution in [0.2, 0.25) is 0 Å². The van der Waals surface area contributed by atoms with E-state index < -0.39 is 6.16 Å². The van der Waals surface area contributed by atoms with Gasteiger partial charge in [-0.3, -0.25) is 0 Å². The van der Waals surface area contributed by atoms with E-state index >= 15 is 0 Å². The van der Waals surface area contributed by atoms with Crippen molar-refractivity contribution in [2.75, 3.05) is 0 Å². The Morgan fingerprint density at radius 3 is 2.58 bits per heavy atom. The van der Waals surface area contributed by atoms with Crippen molar-refractivity contribution < 1.29 is 14.6 Å². The maximum absolute atomic E-state index is 10.9. The van der Waals surface area contributed by atoms with Crippen molar-refractivity contribution in [3.05, 3.63) is 35.5 Å². The van der Waals surface area contributed by atoms with Crippen molar-refractivity contribution in [1.82, 2.24) is 0 Å². The smallest absolute Gasteiger partial charge is 0.316 e. The Balaban J connectivity index is 0.00000272. The normalized spacial score (nSPS) is 32.8. The minimum atomic E-state index is -1.17. The van der Waals surface area contributed by atoms with Gasteiger partial charge in [-0.2, -0.15) is 0 Å². The number of rotatable bonds is 7. The molecule has 33 heavy (non-hydrogen) atoms. The molecule has 0 aromatic heterocycles. The molecule has 182 valence electrons. The Hall–Kier alpha value is 0.516.